The fourth-order valence-corrected chi connectivity index (χ4v) is 3.25. The second kappa shape index (κ2) is 6.87. The third-order valence-electron chi connectivity index (χ3n) is 4.40. The highest BCUT2D eigenvalue weighted by molar-refractivity contribution is 5.54. The van der Waals surface area contributed by atoms with Crippen LogP contribution in [0.3, 0.4) is 0 Å². The molecule has 1 saturated carbocycles. The van der Waals surface area contributed by atoms with Crippen LogP contribution in [0.25, 0.3) is 11.4 Å². The van der Waals surface area contributed by atoms with Gasteiger partial charge in [-0.1, -0.05) is 6.42 Å². The Morgan fingerprint density at radius 1 is 1.27 bits per heavy atom. The summed E-state index contributed by atoms with van der Waals surface area (Å²) in [6.45, 7) is 3.62. The molecule has 3 rings (SSSR count). The first-order valence-corrected chi connectivity index (χ1v) is 8.11. The highest BCUT2D eigenvalue weighted by Gasteiger charge is 2.24. The van der Waals surface area contributed by atoms with Gasteiger partial charge in [0.05, 0.1) is 5.56 Å². The monoisotopic (exact) mass is 300 g/mol. The van der Waals surface area contributed by atoms with Crippen molar-refractivity contribution in [2.24, 2.45) is 11.7 Å². The first-order valence-electron chi connectivity index (χ1n) is 8.11. The van der Waals surface area contributed by atoms with Gasteiger partial charge in [-0.2, -0.15) is 0 Å². The molecule has 1 fully saturated rings. The lowest BCUT2D eigenvalue weighted by atomic mass is 9.85. The van der Waals surface area contributed by atoms with Crippen LogP contribution in [0.5, 0.6) is 0 Å². The summed E-state index contributed by atoms with van der Waals surface area (Å²) < 4.78 is 2.27. The number of imidazole rings is 1. The Balaban J connectivity index is 1.82. The zero-order chi connectivity index (χ0) is 15.4. The van der Waals surface area contributed by atoms with E-state index in [1.807, 2.05) is 25.5 Å². The third-order valence-corrected chi connectivity index (χ3v) is 4.40. The molecule has 6 heteroatoms. The summed E-state index contributed by atoms with van der Waals surface area (Å²) in [5.74, 6) is 2.23. The minimum absolute atomic E-state index is 0.480. The van der Waals surface area contributed by atoms with Gasteiger partial charge in [-0.3, -0.25) is 0 Å². The maximum atomic E-state index is 5.86. The minimum Gasteiger partial charge on any atom is -0.355 e. The topological polar surface area (TPSA) is 81.7 Å². The molecular formula is C16H24N6. The number of aromatic nitrogens is 4. The first kappa shape index (κ1) is 15.0. The van der Waals surface area contributed by atoms with E-state index in [0.717, 1.165) is 30.9 Å². The van der Waals surface area contributed by atoms with Crippen molar-refractivity contribution in [3.63, 3.8) is 0 Å². The number of anilines is 1. The van der Waals surface area contributed by atoms with E-state index in [1.165, 1.54) is 19.3 Å². The van der Waals surface area contributed by atoms with Gasteiger partial charge in [0.2, 0.25) is 5.95 Å². The number of nitrogens with two attached hydrogens (primary N) is 1. The zero-order valence-corrected chi connectivity index (χ0v) is 13.1. The second-order valence-electron chi connectivity index (χ2n) is 5.91. The summed E-state index contributed by atoms with van der Waals surface area (Å²) in [6.07, 6.45) is 12.4. The van der Waals surface area contributed by atoms with Gasteiger partial charge in [-0.05, 0) is 38.6 Å². The number of nitrogens with one attached hydrogen (secondary N) is 1. The van der Waals surface area contributed by atoms with Gasteiger partial charge in [0.15, 0.2) is 0 Å². The molecule has 1 aliphatic carbocycles. The molecule has 2 aromatic heterocycles. The summed E-state index contributed by atoms with van der Waals surface area (Å²) in [6, 6.07) is 0.480. The van der Waals surface area contributed by atoms with Crippen LogP contribution in [0.15, 0.2) is 24.8 Å². The van der Waals surface area contributed by atoms with Crippen LogP contribution >= 0.6 is 0 Å². The van der Waals surface area contributed by atoms with Gasteiger partial charge in [0.1, 0.15) is 5.82 Å². The summed E-state index contributed by atoms with van der Waals surface area (Å²) in [5.41, 5.74) is 6.82. The average Bonchev–Trinajstić information content (AvgIpc) is 3.05. The molecule has 1 aliphatic rings. The van der Waals surface area contributed by atoms with Gasteiger partial charge in [-0.25, -0.2) is 15.0 Å². The predicted molar refractivity (Wildman–Crippen MR) is 87.5 cm³/mol. The number of hydrogen-bond acceptors (Lipinski definition) is 5. The van der Waals surface area contributed by atoms with E-state index in [9.17, 15) is 0 Å². The van der Waals surface area contributed by atoms with Crippen molar-refractivity contribution in [1.29, 1.82) is 0 Å². The van der Waals surface area contributed by atoms with Crippen LogP contribution in [-0.4, -0.2) is 32.6 Å². The minimum atomic E-state index is 0.480. The lowest BCUT2D eigenvalue weighted by Crippen LogP contribution is -2.24. The van der Waals surface area contributed by atoms with Gasteiger partial charge in [0, 0.05) is 37.4 Å². The molecule has 3 N–H and O–H groups in total. The van der Waals surface area contributed by atoms with E-state index < -0.39 is 0 Å². The zero-order valence-electron chi connectivity index (χ0n) is 13.1. The number of nitrogens with zero attached hydrogens (tertiary/aromatic N) is 4. The normalized spacial score (nSPS) is 21.7. The Morgan fingerprint density at radius 2 is 2.09 bits per heavy atom. The van der Waals surface area contributed by atoms with Gasteiger partial charge in [0.25, 0.3) is 0 Å². The smallest absolute Gasteiger partial charge is 0.222 e. The summed E-state index contributed by atoms with van der Waals surface area (Å²) in [7, 11) is 0. The molecule has 6 nitrogen and oxygen atoms in total. The van der Waals surface area contributed by atoms with Crippen molar-refractivity contribution in [3.05, 3.63) is 24.8 Å². The molecule has 0 amide bonds. The molecular weight excluding hydrogens is 276 g/mol. The van der Waals surface area contributed by atoms with E-state index in [0.29, 0.717) is 17.9 Å². The number of rotatable bonds is 5. The molecule has 22 heavy (non-hydrogen) atoms. The maximum Gasteiger partial charge on any atom is 0.222 e. The molecule has 2 heterocycles. The van der Waals surface area contributed by atoms with E-state index in [2.05, 4.69) is 31.0 Å². The van der Waals surface area contributed by atoms with Crippen LogP contribution in [0.2, 0.25) is 0 Å². The molecule has 0 aromatic carbocycles. The SMILES string of the molecule is CCNc1ncc(-c2nccn2[C@@H]2CCC[C@H](CN)C2)cn1. The van der Waals surface area contributed by atoms with Crippen LogP contribution in [0.1, 0.15) is 38.6 Å². The van der Waals surface area contributed by atoms with E-state index in [4.69, 9.17) is 5.73 Å². The fraction of sp³-hybridized carbons (Fsp3) is 0.562. The van der Waals surface area contributed by atoms with Gasteiger partial charge in [-0.15, -0.1) is 0 Å². The molecule has 118 valence electrons. The summed E-state index contributed by atoms with van der Waals surface area (Å²) >= 11 is 0. The fourth-order valence-electron chi connectivity index (χ4n) is 3.25. The Labute approximate surface area is 131 Å². The lowest BCUT2D eigenvalue weighted by Gasteiger charge is -2.30. The van der Waals surface area contributed by atoms with E-state index in [-0.39, 0.29) is 0 Å². The van der Waals surface area contributed by atoms with Gasteiger partial charge >= 0.3 is 0 Å². The van der Waals surface area contributed by atoms with Crippen molar-refractivity contribution in [1.82, 2.24) is 19.5 Å². The predicted octanol–water partition coefficient (Wildman–Crippen LogP) is 2.46. The molecule has 0 unspecified atom stereocenters. The molecule has 0 bridgehead atoms. The highest BCUT2D eigenvalue weighted by Crippen LogP contribution is 2.34. The largest absolute Gasteiger partial charge is 0.355 e. The molecule has 0 saturated heterocycles. The Hall–Kier alpha value is -1.95. The first-order chi connectivity index (χ1) is 10.8. The van der Waals surface area contributed by atoms with Crippen LogP contribution < -0.4 is 11.1 Å². The third kappa shape index (κ3) is 3.11. The maximum absolute atomic E-state index is 5.86. The summed E-state index contributed by atoms with van der Waals surface area (Å²) in [4.78, 5) is 13.2. The molecule has 2 aromatic rings. The van der Waals surface area contributed by atoms with Crippen LogP contribution in [-0.2, 0) is 0 Å². The second-order valence-corrected chi connectivity index (χ2v) is 5.91. The van der Waals surface area contributed by atoms with E-state index in [1.54, 1.807) is 0 Å². The van der Waals surface area contributed by atoms with Crippen molar-refractivity contribution >= 4 is 5.95 Å². The van der Waals surface area contributed by atoms with E-state index >= 15 is 0 Å². The summed E-state index contributed by atoms with van der Waals surface area (Å²) in [5, 5.41) is 3.11. The molecule has 0 radical (unpaired) electrons. The van der Waals surface area contributed by atoms with Crippen molar-refractivity contribution in [3.8, 4) is 11.4 Å². The van der Waals surface area contributed by atoms with Crippen molar-refractivity contribution in [2.75, 3.05) is 18.4 Å². The highest BCUT2D eigenvalue weighted by atomic mass is 15.1. The Morgan fingerprint density at radius 3 is 2.82 bits per heavy atom. The molecule has 0 spiro atoms. The van der Waals surface area contributed by atoms with Gasteiger partial charge < -0.3 is 15.6 Å². The van der Waals surface area contributed by atoms with Crippen LogP contribution in [0.4, 0.5) is 5.95 Å². The molecule has 0 aliphatic heterocycles. The average molecular weight is 300 g/mol. The molecule has 2 atom stereocenters. The number of hydrogen-bond donors (Lipinski definition) is 2. The van der Waals surface area contributed by atoms with Crippen LogP contribution in [0, 0.1) is 5.92 Å². The standard InChI is InChI=1S/C16H24N6/c1-2-18-16-20-10-13(11-21-16)15-19-6-7-22(15)14-5-3-4-12(8-14)9-17/h6-7,10-12,14H,2-5,8-9,17H2,1H3,(H,18,20,21)/t12-,14+/m0/s1. The Kier molecular flexibility index (Phi) is 4.68. The Bertz CT molecular complexity index is 591. The lowest BCUT2D eigenvalue weighted by molar-refractivity contribution is 0.273. The quantitative estimate of drug-likeness (QED) is 0.886. The van der Waals surface area contributed by atoms with Crippen molar-refractivity contribution < 1.29 is 0 Å². The van der Waals surface area contributed by atoms with Crippen molar-refractivity contribution in [2.45, 2.75) is 38.6 Å².